The lowest BCUT2D eigenvalue weighted by atomic mass is 10.1. The molecule has 1 aromatic heterocycles. The van der Waals surface area contributed by atoms with Crippen LogP contribution in [-0.4, -0.2) is 29.2 Å². The number of nitrogens with one attached hydrogen (secondary N) is 1. The normalized spacial score (nSPS) is 13.9. The molecule has 150 valence electrons. The van der Waals surface area contributed by atoms with E-state index in [4.69, 9.17) is 5.26 Å². The van der Waals surface area contributed by atoms with Crippen molar-refractivity contribution >= 4 is 17.4 Å². The van der Waals surface area contributed by atoms with Crippen LogP contribution in [0.4, 0.5) is 11.5 Å². The number of rotatable bonds is 4. The van der Waals surface area contributed by atoms with Crippen molar-refractivity contribution in [3.63, 3.8) is 0 Å². The molecule has 0 aliphatic carbocycles. The minimum Gasteiger partial charge on any atom is -0.355 e. The average Bonchev–Trinajstić information content (AvgIpc) is 3.09. The van der Waals surface area contributed by atoms with Gasteiger partial charge >= 0.3 is 0 Å². The van der Waals surface area contributed by atoms with Crippen molar-refractivity contribution in [2.75, 3.05) is 23.3 Å². The SMILES string of the molecule is N#Cc1ccc(C(=O)Nc2ccc(-c3ccc(N4CCCCCC4)nn3)cc2)cc1. The highest BCUT2D eigenvalue weighted by Crippen LogP contribution is 2.22. The Labute approximate surface area is 176 Å². The zero-order valence-corrected chi connectivity index (χ0v) is 16.7. The van der Waals surface area contributed by atoms with Crippen LogP contribution >= 0.6 is 0 Å². The van der Waals surface area contributed by atoms with Crippen LogP contribution in [0.25, 0.3) is 11.3 Å². The zero-order valence-electron chi connectivity index (χ0n) is 16.7. The predicted molar refractivity (Wildman–Crippen MR) is 117 cm³/mol. The zero-order chi connectivity index (χ0) is 20.8. The van der Waals surface area contributed by atoms with Crippen molar-refractivity contribution < 1.29 is 4.79 Å². The molecule has 1 amide bonds. The third-order valence-corrected chi connectivity index (χ3v) is 5.30. The van der Waals surface area contributed by atoms with Gasteiger partial charge < -0.3 is 10.2 Å². The maximum atomic E-state index is 12.4. The van der Waals surface area contributed by atoms with E-state index in [0.717, 1.165) is 30.2 Å². The highest BCUT2D eigenvalue weighted by Gasteiger charge is 2.12. The van der Waals surface area contributed by atoms with Crippen LogP contribution in [0.5, 0.6) is 0 Å². The summed E-state index contributed by atoms with van der Waals surface area (Å²) < 4.78 is 0. The fraction of sp³-hybridized carbons (Fsp3) is 0.250. The van der Waals surface area contributed by atoms with Crippen molar-refractivity contribution in [2.45, 2.75) is 25.7 Å². The van der Waals surface area contributed by atoms with Gasteiger partial charge in [0.15, 0.2) is 5.82 Å². The van der Waals surface area contributed by atoms with E-state index >= 15 is 0 Å². The predicted octanol–water partition coefficient (Wildman–Crippen LogP) is 4.65. The molecule has 30 heavy (non-hydrogen) atoms. The molecule has 1 fully saturated rings. The summed E-state index contributed by atoms with van der Waals surface area (Å²) in [5, 5.41) is 20.6. The summed E-state index contributed by atoms with van der Waals surface area (Å²) in [5.41, 5.74) is 3.48. The number of nitrogens with zero attached hydrogens (tertiary/aromatic N) is 4. The van der Waals surface area contributed by atoms with Crippen molar-refractivity contribution in [1.82, 2.24) is 10.2 Å². The quantitative estimate of drug-likeness (QED) is 0.693. The first kappa shape index (κ1) is 19.6. The number of nitriles is 1. The van der Waals surface area contributed by atoms with Gasteiger partial charge in [-0.2, -0.15) is 5.26 Å². The molecule has 6 heteroatoms. The fourth-order valence-electron chi connectivity index (χ4n) is 3.57. The lowest BCUT2D eigenvalue weighted by Crippen LogP contribution is -2.25. The third-order valence-electron chi connectivity index (χ3n) is 5.30. The molecule has 0 radical (unpaired) electrons. The molecule has 3 aromatic rings. The Hall–Kier alpha value is -3.72. The van der Waals surface area contributed by atoms with Gasteiger partial charge in [-0.3, -0.25) is 4.79 Å². The van der Waals surface area contributed by atoms with Crippen molar-refractivity contribution in [1.29, 1.82) is 5.26 Å². The lowest BCUT2D eigenvalue weighted by Gasteiger charge is -2.20. The monoisotopic (exact) mass is 397 g/mol. The third kappa shape index (κ3) is 4.64. The summed E-state index contributed by atoms with van der Waals surface area (Å²) >= 11 is 0. The molecule has 2 aromatic carbocycles. The number of anilines is 2. The van der Waals surface area contributed by atoms with E-state index in [0.29, 0.717) is 16.8 Å². The minimum absolute atomic E-state index is 0.214. The molecule has 0 bridgehead atoms. The van der Waals surface area contributed by atoms with Crippen LogP contribution in [0.15, 0.2) is 60.7 Å². The first-order valence-corrected chi connectivity index (χ1v) is 10.2. The number of amides is 1. The maximum Gasteiger partial charge on any atom is 0.255 e. The maximum absolute atomic E-state index is 12.4. The van der Waals surface area contributed by atoms with E-state index in [9.17, 15) is 4.79 Å². The Kier molecular flexibility index (Phi) is 6.00. The van der Waals surface area contributed by atoms with Crippen LogP contribution in [0, 0.1) is 11.3 Å². The van der Waals surface area contributed by atoms with Crippen LogP contribution in [0.1, 0.15) is 41.6 Å². The first-order chi connectivity index (χ1) is 14.7. The molecular formula is C24H23N5O. The van der Waals surface area contributed by atoms with Crippen LogP contribution in [-0.2, 0) is 0 Å². The van der Waals surface area contributed by atoms with Gasteiger partial charge in [-0.1, -0.05) is 25.0 Å². The van der Waals surface area contributed by atoms with Crippen molar-refractivity contribution in [3.05, 3.63) is 71.8 Å². The summed E-state index contributed by atoms with van der Waals surface area (Å²) in [4.78, 5) is 14.7. The fourth-order valence-corrected chi connectivity index (χ4v) is 3.57. The lowest BCUT2D eigenvalue weighted by molar-refractivity contribution is 0.102. The molecule has 2 heterocycles. The van der Waals surface area contributed by atoms with Gasteiger partial charge in [0.2, 0.25) is 0 Å². The number of aromatic nitrogens is 2. The summed E-state index contributed by atoms with van der Waals surface area (Å²) in [6.45, 7) is 2.09. The highest BCUT2D eigenvalue weighted by atomic mass is 16.1. The molecule has 0 spiro atoms. The highest BCUT2D eigenvalue weighted by molar-refractivity contribution is 6.04. The van der Waals surface area contributed by atoms with E-state index in [1.807, 2.05) is 42.5 Å². The summed E-state index contributed by atoms with van der Waals surface area (Å²) in [6.07, 6.45) is 4.99. The largest absolute Gasteiger partial charge is 0.355 e. The topological polar surface area (TPSA) is 81.9 Å². The van der Waals surface area contributed by atoms with Gasteiger partial charge in [-0.25, -0.2) is 0 Å². The Balaban J connectivity index is 1.41. The number of carbonyl (C=O) groups excluding carboxylic acids is 1. The van der Waals surface area contributed by atoms with E-state index in [1.165, 1.54) is 25.7 Å². The number of carbonyl (C=O) groups is 1. The van der Waals surface area contributed by atoms with Crippen LogP contribution in [0.3, 0.4) is 0 Å². The Morgan fingerprint density at radius 2 is 1.57 bits per heavy atom. The summed E-state index contributed by atoms with van der Waals surface area (Å²) in [6, 6.07) is 20.2. The van der Waals surface area contributed by atoms with Gasteiger partial charge in [0.05, 0.1) is 17.3 Å². The molecule has 0 saturated carbocycles. The Bertz CT molecular complexity index is 1030. The molecule has 4 rings (SSSR count). The second-order valence-electron chi connectivity index (χ2n) is 7.40. The van der Waals surface area contributed by atoms with Crippen LogP contribution < -0.4 is 10.2 Å². The molecule has 6 nitrogen and oxygen atoms in total. The average molecular weight is 397 g/mol. The molecule has 1 aliphatic rings. The number of hydrogen-bond acceptors (Lipinski definition) is 5. The Morgan fingerprint density at radius 3 is 2.17 bits per heavy atom. The van der Waals surface area contributed by atoms with Gasteiger partial charge in [0.25, 0.3) is 5.91 Å². The number of benzene rings is 2. The van der Waals surface area contributed by atoms with E-state index < -0.39 is 0 Å². The Morgan fingerprint density at radius 1 is 0.867 bits per heavy atom. The molecule has 1 saturated heterocycles. The van der Waals surface area contributed by atoms with E-state index in [2.05, 4.69) is 20.4 Å². The summed E-state index contributed by atoms with van der Waals surface area (Å²) in [5.74, 6) is 0.723. The molecule has 1 N–H and O–H groups in total. The molecule has 1 aliphatic heterocycles. The molecular weight excluding hydrogens is 374 g/mol. The van der Waals surface area contributed by atoms with Gasteiger partial charge in [-0.15, -0.1) is 10.2 Å². The van der Waals surface area contributed by atoms with Gasteiger partial charge in [-0.05, 0) is 61.4 Å². The van der Waals surface area contributed by atoms with Crippen LogP contribution in [0.2, 0.25) is 0 Å². The standard InChI is InChI=1S/C24H23N5O/c25-17-18-5-7-20(8-6-18)24(30)26-21-11-9-19(10-12-21)22-13-14-23(28-27-22)29-15-3-1-2-4-16-29/h5-14H,1-4,15-16H2,(H,26,30). The second kappa shape index (κ2) is 9.19. The molecule has 0 atom stereocenters. The number of hydrogen-bond donors (Lipinski definition) is 1. The smallest absolute Gasteiger partial charge is 0.255 e. The van der Waals surface area contributed by atoms with Gasteiger partial charge in [0.1, 0.15) is 0 Å². The summed E-state index contributed by atoms with van der Waals surface area (Å²) in [7, 11) is 0. The van der Waals surface area contributed by atoms with E-state index in [-0.39, 0.29) is 5.91 Å². The molecule has 0 unspecified atom stereocenters. The first-order valence-electron chi connectivity index (χ1n) is 10.2. The van der Waals surface area contributed by atoms with Gasteiger partial charge in [0, 0.05) is 29.9 Å². The van der Waals surface area contributed by atoms with Crippen molar-refractivity contribution in [2.24, 2.45) is 0 Å². The second-order valence-corrected chi connectivity index (χ2v) is 7.40. The minimum atomic E-state index is -0.214. The van der Waals surface area contributed by atoms with Crippen molar-refractivity contribution in [3.8, 4) is 17.3 Å². The van der Waals surface area contributed by atoms with E-state index in [1.54, 1.807) is 24.3 Å².